The van der Waals surface area contributed by atoms with Gasteiger partial charge in [-0.1, -0.05) is 17.5 Å². The number of aromatic nitrogens is 4. The first kappa shape index (κ1) is 16.3. The molecule has 122 valence electrons. The van der Waals surface area contributed by atoms with Gasteiger partial charge in [-0.2, -0.15) is 18.2 Å². The summed E-state index contributed by atoms with van der Waals surface area (Å²) in [6, 6.07) is 2.87. The summed E-state index contributed by atoms with van der Waals surface area (Å²) >= 11 is 11.7. The van der Waals surface area contributed by atoms with Crippen molar-refractivity contribution in [2.75, 3.05) is 0 Å². The van der Waals surface area contributed by atoms with Gasteiger partial charge in [0.2, 0.25) is 5.28 Å². The maximum absolute atomic E-state index is 12.6. The first-order valence-corrected chi connectivity index (χ1v) is 7.74. The summed E-state index contributed by atoms with van der Waals surface area (Å²) in [5, 5.41) is 0.124. The highest BCUT2D eigenvalue weighted by molar-refractivity contribution is 6.35. The molecular weight excluding hydrogens is 352 g/mol. The van der Waals surface area contributed by atoms with Gasteiger partial charge in [0.15, 0.2) is 10.8 Å². The minimum atomic E-state index is -4.11. The highest BCUT2D eigenvalue weighted by atomic mass is 35.5. The summed E-state index contributed by atoms with van der Waals surface area (Å²) < 4.78 is 39.4. The fraction of sp³-hybridized carbons (Fsp3) is 0.500. The molecule has 0 radical (unpaired) electrons. The van der Waals surface area contributed by atoms with Gasteiger partial charge in [-0.25, -0.2) is 9.97 Å². The number of rotatable bonds is 0. The molecule has 0 amide bonds. The van der Waals surface area contributed by atoms with Gasteiger partial charge in [-0.15, -0.1) is 0 Å². The van der Waals surface area contributed by atoms with Crippen molar-refractivity contribution < 1.29 is 13.2 Å². The van der Waals surface area contributed by atoms with Gasteiger partial charge in [0, 0.05) is 12.0 Å². The van der Waals surface area contributed by atoms with Gasteiger partial charge in [-0.05, 0) is 37.3 Å². The lowest BCUT2D eigenvalue weighted by Crippen LogP contribution is -2.27. The molecule has 3 rings (SSSR count). The van der Waals surface area contributed by atoms with Gasteiger partial charge in [-0.3, -0.25) is 4.57 Å². The third kappa shape index (κ3) is 3.54. The van der Waals surface area contributed by atoms with Crippen LogP contribution in [-0.4, -0.2) is 25.7 Å². The second-order valence-corrected chi connectivity index (χ2v) is 6.11. The number of fused-ring (bicyclic) bond motifs is 1. The normalized spacial score (nSPS) is 22.0. The molecule has 0 spiro atoms. The number of halogens is 5. The minimum absolute atomic E-state index is 0.00816. The standard InChI is InChI=1S/C14H11Cl2F3N4/c15-11-10-12(22-13(16)21-11)20-7-23(10)6-5-8-1-3-9(4-2-8)14(17,18)19/h7-9H,1-4H2. The van der Waals surface area contributed by atoms with E-state index in [-0.39, 0.29) is 29.2 Å². The SMILES string of the molecule is FC(F)(F)C1CCC(C#Cn2cnc3nc(Cl)nc(Cl)c32)CC1. The number of hydrogen-bond donors (Lipinski definition) is 0. The summed E-state index contributed by atoms with van der Waals surface area (Å²) in [4.78, 5) is 11.8. The summed E-state index contributed by atoms with van der Waals surface area (Å²) in [7, 11) is 0. The Kier molecular flexibility index (Phi) is 4.39. The van der Waals surface area contributed by atoms with Crippen LogP contribution < -0.4 is 0 Å². The molecule has 0 N–H and O–H groups in total. The van der Waals surface area contributed by atoms with Gasteiger partial charge >= 0.3 is 6.18 Å². The predicted molar refractivity (Wildman–Crippen MR) is 80.0 cm³/mol. The van der Waals surface area contributed by atoms with Crippen LogP contribution in [0.4, 0.5) is 13.2 Å². The molecule has 23 heavy (non-hydrogen) atoms. The Morgan fingerprint density at radius 2 is 1.83 bits per heavy atom. The molecule has 0 bridgehead atoms. The minimum Gasteiger partial charge on any atom is -0.252 e. The van der Waals surface area contributed by atoms with Crippen molar-refractivity contribution >= 4 is 34.4 Å². The lowest BCUT2D eigenvalue weighted by atomic mass is 9.82. The van der Waals surface area contributed by atoms with Gasteiger partial charge in [0.1, 0.15) is 11.8 Å². The lowest BCUT2D eigenvalue weighted by Gasteiger charge is -2.27. The van der Waals surface area contributed by atoms with E-state index in [0.29, 0.717) is 24.0 Å². The van der Waals surface area contributed by atoms with E-state index in [4.69, 9.17) is 23.2 Å². The van der Waals surface area contributed by atoms with Crippen LogP contribution in [0.1, 0.15) is 25.7 Å². The third-order valence-electron chi connectivity index (χ3n) is 3.91. The van der Waals surface area contributed by atoms with Gasteiger partial charge in [0.25, 0.3) is 0 Å². The highest BCUT2D eigenvalue weighted by Gasteiger charge is 2.41. The van der Waals surface area contributed by atoms with Crippen molar-refractivity contribution in [3.05, 3.63) is 16.8 Å². The van der Waals surface area contributed by atoms with Crippen LogP contribution in [-0.2, 0) is 0 Å². The molecule has 0 unspecified atom stereocenters. The Morgan fingerprint density at radius 1 is 1.13 bits per heavy atom. The van der Waals surface area contributed by atoms with E-state index >= 15 is 0 Å². The maximum Gasteiger partial charge on any atom is 0.391 e. The second-order valence-electron chi connectivity index (χ2n) is 5.42. The zero-order valence-electron chi connectivity index (χ0n) is 11.7. The quantitative estimate of drug-likeness (QED) is 0.398. The lowest BCUT2D eigenvalue weighted by molar-refractivity contribution is -0.182. The van der Waals surface area contributed by atoms with Crippen LogP contribution in [0.5, 0.6) is 0 Å². The fourth-order valence-corrected chi connectivity index (χ4v) is 3.13. The monoisotopic (exact) mass is 362 g/mol. The van der Waals surface area contributed by atoms with Gasteiger partial charge < -0.3 is 0 Å². The maximum atomic E-state index is 12.6. The average Bonchev–Trinajstić information content (AvgIpc) is 2.88. The summed E-state index contributed by atoms with van der Waals surface area (Å²) in [5.74, 6) is 1.71. The molecule has 2 aromatic heterocycles. The molecule has 0 saturated heterocycles. The molecule has 1 aliphatic rings. The van der Waals surface area contributed by atoms with E-state index in [1.165, 1.54) is 10.9 Å². The Hall–Kier alpha value is -1.52. The molecular formula is C14H11Cl2F3N4. The smallest absolute Gasteiger partial charge is 0.252 e. The highest BCUT2D eigenvalue weighted by Crippen LogP contribution is 2.39. The molecule has 0 aliphatic heterocycles. The molecule has 1 fully saturated rings. The van der Waals surface area contributed by atoms with Crippen molar-refractivity contribution in [2.45, 2.75) is 31.9 Å². The van der Waals surface area contributed by atoms with Crippen molar-refractivity contribution in [3.63, 3.8) is 0 Å². The van der Waals surface area contributed by atoms with E-state index in [2.05, 4.69) is 26.9 Å². The largest absolute Gasteiger partial charge is 0.391 e. The topological polar surface area (TPSA) is 43.6 Å². The first-order valence-electron chi connectivity index (χ1n) is 6.99. The van der Waals surface area contributed by atoms with Gasteiger partial charge in [0.05, 0.1) is 5.92 Å². The third-order valence-corrected chi connectivity index (χ3v) is 4.34. The Balaban J connectivity index is 1.76. The van der Waals surface area contributed by atoms with Crippen LogP contribution in [0.15, 0.2) is 6.33 Å². The molecule has 2 aromatic rings. The molecule has 1 saturated carbocycles. The molecule has 0 aromatic carbocycles. The summed E-state index contributed by atoms with van der Waals surface area (Å²) in [6.07, 6.45) is -1.57. The van der Waals surface area contributed by atoms with E-state index in [1.54, 1.807) is 0 Å². The van der Waals surface area contributed by atoms with Crippen LogP contribution in [0.2, 0.25) is 10.4 Å². The average molecular weight is 363 g/mol. The number of imidazole rings is 1. The summed E-state index contributed by atoms with van der Waals surface area (Å²) in [6.45, 7) is 0. The molecule has 2 heterocycles. The van der Waals surface area contributed by atoms with E-state index in [0.717, 1.165) is 0 Å². The Bertz CT molecular complexity index is 783. The number of nitrogens with zero attached hydrogens (tertiary/aromatic N) is 4. The van der Waals surface area contributed by atoms with Crippen molar-refractivity contribution in [2.24, 2.45) is 11.8 Å². The van der Waals surface area contributed by atoms with Crippen LogP contribution in [0.3, 0.4) is 0 Å². The van der Waals surface area contributed by atoms with Crippen molar-refractivity contribution in [1.29, 1.82) is 0 Å². The fourth-order valence-electron chi connectivity index (χ4n) is 2.67. The van der Waals surface area contributed by atoms with Crippen LogP contribution >= 0.6 is 23.2 Å². The zero-order chi connectivity index (χ0) is 16.6. The van der Waals surface area contributed by atoms with Crippen LogP contribution in [0.25, 0.3) is 11.2 Å². The van der Waals surface area contributed by atoms with E-state index in [1.807, 2.05) is 0 Å². The molecule has 0 atom stereocenters. The Morgan fingerprint density at radius 3 is 2.48 bits per heavy atom. The van der Waals surface area contributed by atoms with E-state index < -0.39 is 12.1 Å². The molecule has 9 heteroatoms. The molecule has 4 nitrogen and oxygen atoms in total. The number of alkyl halides is 3. The Labute approximate surface area is 140 Å². The summed E-state index contributed by atoms with van der Waals surface area (Å²) in [5.41, 5.74) is 0.762. The predicted octanol–water partition coefficient (Wildman–Crippen LogP) is 4.31. The van der Waals surface area contributed by atoms with Crippen molar-refractivity contribution in [3.8, 4) is 12.0 Å². The van der Waals surface area contributed by atoms with Crippen molar-refractivity contribution in [1.82, 2.24) is 19.5 Å². The first-order chi connectivity index (χ1) is 10.8. The zero-order valence-corrected chi connectivity index (χ0v) is 13.3. The number of hydrogen-bond acceptors (Lipinski definition) is 3. The molecule has 1 aliphatic carbocycles. The second kappa shape index (κ2) is 6.17. The van der Waals surface area contributed by atoms with E-state index in [9.17, 15) is 13.2 Å². The van der Waals surface area contributed by atoms with Crippen LogP contribution in [0, 0.1) is 23.8 Å².